The second kappa shape index (κ2) is 9.65. The van der Waals surface area contributed by atoms with E-state index < -0.39 is 0 Å². The first-order valence-corrected chi connectivity index (χ1v) is 13.7. The lowest BCUT2D eigenvalue weighted by atomic mass is 9.87. The minimum absolute atomic E-state index is 0.232. The Morgan fingerprint density at radius 1 is 0.971 bits per heavy atom. The van der Waals surface area contributed by atoms with Crippen LogP contribution in [-0.2, 0) is 13.1 Å². The van der Waals surface area contributed by atoms with Gasteiger partial charge < -0.3 is 10.2 Å². The highest BCUT2D eigenvalue weighted by Gasteiger charge is 2.34. The third kappa shape index (κ3) is 4.45. The molecule has 34 heavy (non-hydrogen) atoms. The number of nitrogens with one attached hydrogen (secondary N) is 1. The predicted octanol–water partition coefficient (Wildman–Crippen LogP) is 5.50. The highest BCUT2D eigenvalue weighted by atomic mass is 32.1. The quantitative estimate of drug-likeness (QED) is 0.534. The fourth-order valence-corrected chi connectivity index (χ4v) is 6.59. The van der Waals surface area contributed by atoms with Crippen molar-refractivity contribution in [1.29, 1.82) is 0 Å². The van der Waals surface area contributed by atoms with E-state index in [4.69, 9.17) is 0 Å². The molecular formula is C29H33N3OS. The number of carbonyl (C=O) groups is 1. The molecule has 2 aromatic carbocycles. The Bertz CT molecular complexity index is 1130. The van der Waals surface area contributed by atoms with E-state index in [2.05, 4.69) is 74.4 Å². The molecule has 4 nitrogen and oxygen atoms in total. The van der Waals surface area contributed by atoms with Gasteiger partial charge in [0.25, 0.3) is 5.91 Å². The smallest absolute Gasteiger partial charge is 0.254 e. The first-order valence-electron chi connectivity index (χ1n) is 12.7. The Morgan fingerprint density at radius 2 is 1.82 bits per heavy atom. The summed E-state index contributed by atoms with van der Waals surface area (Å²) in [5, 5.41) is 7.80. The zero-order valence-corrected chi connectivity index (χ0v) is 20.5. The number of nitrogens with zero attached hydrogens (tertiary/aromatic N) is 2. The van der Waals surface area contributed by atoms with Gasteiger partial charge in [0.15, 0.2) is 0 Å². The fourth-order valence-electron chi connectivity index (χ4n) is 5.93. The van der Waals surface area contributed by atoms with Gasteiger partial charge in [-0.2, -0.15) is 11.3 Å². The van der Waals surface area contributed by atoms with Gasteiger partial charge in [-0.05, 0) is 102 Å². The van der Waals surface area contributed by atoms with Crippen LogP contribution in [0.2, 0.25) is 0 Å². The minimum Gasteiger partial charge on any atom is -0.330 e. The average Bonchev–Trinajstić information content (AvgIpc) is 3.54. The van der Waals surface area contributed by atoms with Gasteiger partial charge in [0.05, 0.1) is 0 Å². The van der Waals surface area contributed by atoms with Crippen LogP contribution in [0.1, 0.15) is 58.6 Å². The normalized spacial score (nSPS) is 21.7. The van der Waals surface area contributed by atoms with Gasteiger partial charge in [-0.25, -0.2) is 0 Å². The van der Waals surface area contributed by atoms with Crippen molar-refractivity contribution in [3.8, 4) is 11.1 Å². The van der Waals surface area contributed by atoms with Crippen LogP contribution < -0.4 is 5.32 Å². The molecule has 3 aliphatic rings. The molecular weight excluding hydrogens is 438 g/mol. The zero-order chi connectivity index (χ0) is 22.9. The number of hydrogen-bond acceptors (Lipinski definition) is 4. The maximum Gasteiger partial charge on any atom is 0.254 e. The molecule has 3 aliphatic heterocycles. The maximum absolute atomic E-state index is 13.0. The summed E-state index contributed by atoms with van der Waals surface area (Å²) in [5.41, 5.74) is 7.60. The highest BCUT2D eigenvalue weighted by Crippen LogP contribution is 2.34. The van der Waals surface area contributed by atoms with Crippen LogP contribution in [0.25, 0.3) is 11.1 Å². The standard InChI is InChI=1S/C29H33N3OS/c33-29-28-8-7-24(16-26(28)19-32(29)27-2-1-12-30-17-27)23-9-13-31(14-10-23)18-21-3-5-22(6-4-21)25-11-15-34-20-25/h3-8,11,15-16,20,23,27,30H,1-2,9-10,12-14,17-19H2. The number of piperidine rings is 2. The van der Waals surface area contributed by atoms with E-state index in [-0.39, 0.29) is 5.91 Å². The predicted molar refractivity (Wildman–Crippen MR) is 139 cm³/mol. The third-order valence-corrected chi connectivity index (χ3v) is 8.63. The maximum atomic E-state index is 13.0. The molecule has 176 valence electrons. The van der Waals surface area contributed by atoms with Crippen molar-refractivity contribution in [3.63, 3.8) is 0 Å². The Morgan fingerprint density at radius 3 is 2.56 bits per heavy atom. The number of thiophene rings is 1. The number of rotatable bonds is 5. The zero-order valence-electron chi connectivity index (χ0n) is 19.7. The van der Waals surface area contributed by atoms with Crippen molar-refractivity contribution >= 4 is 17.2 Å². The monoisotopic (exact) mass is 471 g/mol. The molecule has 1 aromatic heterocycles. The molecule has 4 heterocycles. The summed E-state index contributed by atoms with van der Waals surface area (Å²) in [6.45, 7) is 6.09. The first kappa shape index (κ1) is 22.0. The molecule has 1 atom stereocenters. The molecule has 0 aliphatic carbocycles. The Hall–Kier alpha value is -2.47. The van der Waals surface area contributed by atoms with Gasteiger partial charge in [0, 0.05) is 31.2 Å². The summed E-state index contributed by atoms with van der Waals surface area (Å²) in [4.78, 5) is 17.7. The Labute approximate surface area is 206 Å². The molecule has 0 radical (unpaired) electrons. The number of carbonyl (C=O) groups excluding carboxylic acids is 1. The van der Waals surface area contributed by atoms with Crippen LogP contribution in [0.15, 0.2) is 59.3 Å². The van der Waals surface area contributed by atoms with Crippen molar-refractivity contribution in [2.75, 3.05) is 26.2 Å². The molecule has 3 aromatic rings. The van der Waals surface area contributed by atoms with E-state index in [0.29, 0.717) is 12.0 Å². The number of benzene rings is 2. The van der Waals surface area contributed by atoms with Crippen molar-refractivity contribution in [3.05, 3.63) is 81.5 Å². The highest BCUT2D eigenvalue weighted by molar-refractivity contribution is 7.08. The van der Waals surface area contributed by atoms with Gasteiger partial charge in [0.2, 0.25) is 0 Å². The van der Waals surface area contributed by atoms with Crippen molar-refractivity contribution in [2.45, 2.75) is 50.7 Å². The molecule has 5 heteroatoms. The third-order valence-electron chi connectivity index (χ3n) is 7.95. The molecule has 1 unspecified atom stereocenters. The first-order chi connectivity index (χ1) is 16.7. The lowest BCUT2D eigenvalue weighted by Crippen LogP contribution is -2.46. The summed E-state index contributed by atoms with van der Waals surface area (Å²) in [7, 11) is 0. The molecule has 0 spiro atoms. The van der Waals surface area contributed by atoms with Crippen molar-refractivity contribution < 1.29 is 4.79 Å². The van der Waals surface area contributed by atoms with Crippen LogP contribution in [0.3, 0.4) is 0 Å². The van der Waals surface area contributed by atoms with Crippen LogP contribution in [0.4, 0.5) is 0 Å². The van der Waals surface area contributed by atoms with Crippen molar-refractivity contribution in [2.24, 2.45) is 0 Å². The second-order valence-electron chi connectivity index (χ2n) is 10.1. The van der Waals surface area contributed by atoms with E-state index >= 15 is 0 Å². The number of fused-ring (bicyclic) bond motifs is 1. The van der Waals surface area contributed by atoms with Gasteiger partial charge >= 0.3 is 0 Å². The molecule has 0 bridgehead atoms. The summed E-state index contributed by atoms with van der Waals surface area (Å²) < 4.78 is 0. The van der Waals surface area contributed by atoms with Gasteiger partial charge in [-0.15, -0.1) is 0 Å². The lowest BCUT2D eigenvalue weighted by molar-refractivity contribution is 0.0674. The number of amides is 1. The molecule has 0 saturated carbocycles. The Kier molecular flexibility index (Phi) is 6.25. The lowest BCUT2D eigenvalue weighted by Gasteiger charge is -2.32. The largest absolute Gasteiger partial charge is 0.330 e. The van der Waals surface area contributed by atoms with Gasteiger partial charge in [0.1, 0.15) is 0 Å². The fraction of sp³-hybridized carbons (Fsp3) is 0.414. The molecule has 6 rings (SSSR count). The van der Waals surface area contributed by atoms with Crippen LogP contribution >= 0.6 is 11.3 Å². The topological polar surface area (TPSA) is 35.6 Å². The van der Waals surface area contributed by atoms with Crippen molar-refractivity contribution in [1.82, 2.24) is 15.1 Å². The van der Waals surface area contributed by atoms with Crippen LogP contribution in [0.5, 0.6) is 0 Å². The summed E-state index contributed by atoms with van der Waals surface area (Å²) in [6, 6.07) is 18.3. The second-order valence-corrected chi connectivity index (χ2v) is 10.9. The minimum atomic E-state index is 0.232. The summed E-state index contributed by atoms with van der Waals surface area (Å²) in [6.07, 6.45) is 4.66. The van der Waals surface area contributed by atoms with E-state index in [1.165, 1.54) is 40.7 Å². The average molecular weight is 472 g/mol. The number of likely N-dealkylation sites (tertiary alicyclic amines) is 1. The number of hydrogen-bond donors (Lipinski definition) is 1. The molecule has 2 saturated heterocycles. The van der Waals surface area contributed by atoms with Gasteiger partial charge in [-0.3, -0.25) is 9.69 Å². The van der Waals surface area contributed by atoms with E-state index in [1.807, 2.05) is 0 Å². The summed E-state index contributed by atoms with van der Waals surface area (Å²) in [5.74, 6) is 0.832. The summed E-state index contributed by atoms with van der Waals surface area (Å²) >= 11 is 1.75. The SMILES string of the molecule is O=C1c2ccc(C3CCN(Cc4ccc(-c5ccsc5)cc4)CC3)cc2CN1C1CCCNC1. The van der Waals surface area contributed by atoms with Crippen LogP contribution in [0, 0.1) is 0 Å². The molecule has 1 amide bonds. The van der Waals surface area contributed by atoms with Gasteiger partial charge in [-0.1, -0.05) is 36.4 Å². The van der Waals surface area contributed by atoms with E-state index in [9.17, 15) is 4.79 Å². The molecule has 2 fully saturated rings. The Balaban J connectivity index is 1.06. The molecule has 1 N–H and O–H groups in total. The van der Waals surface area contributed by atoms with E-state index in [1.54, 1.807) is 11.3 Å². The van der Waals surface area contributed by atoms with E-state index in [0.717, 1.165) is 57.7 Å². The van der Waals surface area contributed by atoms with Crippen LogP contribution in [-0.4, -0.2) is 47.9 Å².